The van der Waals surface area contributed by atoms with Gasteiger partial charge in [-0.15, -0.1) is 0 Å². The molecule has 0 aliphatic rings. The van der Waals surface area contributed by atoms with Crippen LogP contribution in [0, 0.1) is 11.6 Å². The van der Waals surface area contributed by atoms with Gasteiger partial charge in [-0.3, -0.25) is 19.2 Å². The van der Waals surface area contributed by atoms with Crippen molar-refractivity contribution in [2.45, 2.75) is 90.1 Å². The van der Waals surface area contributed by atoms with Gasteiger partial charge >= 0.3 is 30.8 Å². The van der Waals surface area contributed by atoms with Crippen molar-refractivity contribution in [2.75, 3.05) is 20.5 Å². The van der Waals surface area contributed by atoms with E-state index in [2.05, 4.69) is 112 Å². The smallest absolute Gasteiger partial charge is 1.00 e. The number of Topliss-reactive ketones (excluding diaryl/α,β-unsaturated/α-hetero) is 1. The molecule has 17 heteroatoms. The first-order valence-electron chi connectivity index (χ1n) is 19.5. The Balaban J connectivity index is 0. The molecule has 0 saturated carbocycles. The molecular weight excluding hydrogens is 997 g/mol. The van der Waals surface area contributed by atoms with Crippen LogP contribution in [-0.2, 0) is 25.5 Å². The van der Waals surface area contributed by atoms with Crippen molar-refractivity contribution in [1.29, 1.82) is 0 Å². The third kappa shape index (κ3) is 18.4. The van der Waals surface area contributed by atoms with Crippen molar-refractivity contribution in [3.05, 3.63) is 128 Å². The second-order valence-electron chi connectivity index (χ2n) is 16.5. The zero-order valence-electron chi connectivity index (χ0n) is 39.7. The second-order valence-corrected chi connectivity index (χ2v) is 28.1. The number of ether oxygens (including phenoxy) is 2. The summed E-state index contributed by atoms with van der Waals surface area (Å²) < 4.78 is 55.6. The third-order valence-corrected chi connectivity index (χ3v) is 20.0. The van der Waals surface area contributed by atoms with E-state index in [0.717, 1.165) is 15.8 Å². The van der Waals surface area contributed by atoms with Crippen molar-refractivity contribution >= 4 is 95.7 Å². The topological polar surface area (TPSA) is 105 Å². The van der Waals surface area contributed by atoms with Crippen LogP contribution in [0.5, 0.6) is 11.5 Å². The Bertz CT molecular complexity index is 2130. The second kappa shape index (κ2) is 26.3. The fraction of sp³-hybridized carbons (Fsp3) is 0.378. The summed E-state index contributed by atoms with van der Waals surface area (Å²) >= 11 is 15.4. The van der Waals surface area contributed by atoms with E-state index in [4.69, 9.17) is 31.3 Å². The molecule has 0 fully saturated rings. The molecule has 4 aromatic rings. The molecule has 4 rings (SSSR count). The van der Waals surface area contributed by atoms with Crippen molar-refractivity contribution < 1.29 is 67.9 Å². The molecular formula is C45H58Br2ClF2LiO8SSi2. The third-order valence-electron chi connectivity index (χ3n) is 10.1. The summed E-state index contributed by atoms with van der Waals surface area (Å²) in [5.74, 6) is -2.23. The van der Waals surface area contributed by atoms with Gasteiger partial charge in [0.1, 0.15) is 29.1 Å². The van der Waals surface area contributed by atoms with Crippen molar-refractivity contribution in [3.8, 4) is 11.5 Å². The molecule has 1 unspecified atom stereocenters. The molecule has 0 aromatic heterocycles. The fourth-order valence-corrected chi connectivity index (χ4v) is 7.57. The molecule has 8 nitrogen and oxygen atoms in total. The van der Waals surface area contributed by atoms with Gasteiger partial charge in [-0.1, -0.05) is 73.4 Å². The first kappa shape index (κ1) is 57.3. The van der Waals surface area contributed by atoms with Crippen molar-refractivity contribution in [1.82, 2.24) is 0 Å². The van der Waals surface area contributed by atoms with Crippen LogP contribution in [0.15, 0.2) is 93.9 Å². The average Bonchev–Trinajstić information content (AvgIpc) is 3.17. The number of carbonyl (C=O) groups excluding carboxylic acids is 4. The molecule has 0 saturated heterocycles. The normalized spacial score (nSPS) is 11.8. The maximum atomic E-state index is 13.3. The molecule has 4 aromatic carbocycles. The van der Waals surface area contributed by atoms with Gasteiger partial charge in [0.15, 0.2) is 5.78 Å². The monoisotopic (exact) mass is 1050 g/mol. The predicted octanol–water partition coefficient (Wildman–Crippen LogP) is 10.5. The number of ketones is 1. The number of esters is 2. The van der Waals surface area contributed by atoms with Gasteiger partial charge in [0.05, 0.1) is 20.6 Å². The summed E-state index contributed by atoms with van der Waals surface area (Å²) in [5.41, 5.74) is 1.81. The molecule has 1 atom stereocenters. The minimum Gasteiger partial charge on any atom is -1.00 e. The number of benzene rings is 4. The van der Waals surface area contributed by atoms with Gasteiger partial charge in [-0.05, 0) is 139 Å². The molecule has 0 aliphatic heterocycles. The van der Waals surface area contributed by atoms with Crippen LogP contribution in [0.4, 0.5) is 8.78 Å². The van der Waals surface area contributed by atoms with E-state index in [0.29, 0.717) is 21.3 Å². The molecule has 0 N–H and O–H groups in total. The zero-order chi connectivity index (χ0) is 47.8. The summed E-state index contributed by atoms with van der Waals surface area (Å²) in [4.78, 5) is 47.8. The first-order chi connectivity index (χ1) is 28.5. The molecule has 0 spiro atoms. The Labute approximate surface area is 410 Å². The number of hydrogen-bond donors (Lipinski definition) is 1. The maximum absolute atomic E-state index is 13.3. The molecule has 0 aliphatic carbocycles. The Morgan fingerprint density at radius 1 is 0.726 bits per heavy atom. The summed E-state index contributed by atoms with van der Waals surface area (Å²) in [5, 5.41) is -0.526. The summed E-state index contributed by atoms with van der Waals surface area (Å²) in [7, 11) is -1.53. The number of rotatable bonds is 11. The molecule has 0 radical (unpaired) electrons. The molecule has 336 valence electrons. The zero-order valence-corrected chi connectivity index (χ0v) is 44.5. The number of carbonyl (C=O) groups is 4. The van der Waals surface area contributed by atoms with Crippen molar-refractivity contribution in [2.24, 2.45) is 0 Å². The summed E-state index contributed by atoms with van der Waals surface area (Å²) in [6.07, 6.45) is 0.417. The molecule has 0 bridgehead atoms. The Morgan fingerprint density at radius 3 is 1.53 bits per heavy atom. The van der Waals surface area contributed by atoms with E-state index >= 15 is 0 Å². The Kier molecular flexibility index (Phi) is 24.3. The van der Waals surface area contributed by atoms with Gasteiger partial charge in [-0.2, -0.15) is 12.6 Å². The molecule has 62 heavy (non-hydrogen) atoms. The van der Waals surface area contributed by atoms with Crippen LogP contribution in [0.2, 0.25) is 36.3 Å². The van der Waals surface area contributed by atoms with Crippen LogP contribution in [0.25, 0.3) is 0 Å². The van der Waals surface area contributed by atoms with Crippen LogP contribution in [0.1, 0.15) is 82.1 Å². The minimum absolute atomic E-state index is 0. The van der Waals surface area contributed by atoms with Crippen LogP contribution >= 0.6 is 56.1 Å². The summed E-state index contributed by atoms with van der Waals surface area (Å²) in [6, 6.07) is 21.2. The quantitative estimate of drug-likeness (QED) is 0.0396. The largest absolute Gasteiger partial charge is 1.00 e. The minimum atomic E-state index is -2.24. The number of halogens is 5. The average molecular weight is 1060 g/mol. The van der Waals surface area contributed by atoms with Gasteiger partial charge in [0.25, 0.3) is 5.24 Å². The van der Waals surface area contributed by atoms with Gasteiger partial charge in [0, 0.05) is 32.6 Å². The first-order valence-corrected chi connectivity index (χ1v) is 27.2. The van der Waals surface area contributed by atoms with Gasteiger partial charge in [-0.25, -0.2) is 8.78 Å². The van der Waals surface area contributed by atoms with E-state index < -0.39 is 45.4 Å². The van der Waals surface area contributed by atoms with E-state index in [1.54, 1.807) is 12.1 Å². The van der Waals surface area contributed by atoms with E-state index in [1.165, 1.54) is 62.8 Å². The SMILES string of the molecule is COC(=O)C(C(=O)c1ccc(F)cc1)c1cc(Br)ccc1O[Si](C)(C)C(C)(C)C.COC(=O)Cc1cc(Br)ccc1O[Si](C)(C)C(C)(C)C.O=C(Cl)c1ccc(F)cc1.[2H]CS.[H-].[Li+]. The van der Waals surface area contributed by atoms with E-state index in [9.17, 15) is 28.0 Å². The standard InChI is InChI=1S/C22H26BrFO4Si.C15H23BrO3Si.C7H4ClFO.CH4S.Li.H/c1-22(2,3)29(5,6)28-18-12-9-15(23)13-17(18)19(21(26)27-4)20(25)14-7-10-16(24)11-8-14;1-15(2,3)20(5,6)19-13-8-7-12(16)9-11(13)10-14(17)18-4;8-7(10)5-1-3-6(9)4-2-5;1-2;;/h7-13,19H,1-6H3;7-9H,10H2,1-6H3;1-4H;2H,1H3;;/q;;;;+1;-1/i;;;1D;;. The maximum Gasteiger partial charge on any atom is 1.00 e. The predicted molar refractivity (Wildman–Crippen MR) is 258 cm³/mol. The number of methoxy groups -OCH3 is 2. The van der Waals surface area contributed by atoms with Crippen molar-refractivity contribution in [3.63, 3.8) is 0 Å². The van der Waals surface area contributed by atoms with E-state index in [1.807, 2.05) is 24.3 Å². The number of hydrogen-bond acceptors (Lipinski definition) is 9. The van der Waals surface area contributed by atoms with Crippen LogP contribution < -0.4 is 27.7 Å². The van der Waals surface area contributed by atoms with E-state index in [-0.39, 0.29) is 60.4 Å². The number of thiol groups is 1. The van der Waals surface area contributed by atoms with Crippen LogP contribution in [-0.4, -0.2) is 60.1 Å². The van der Waals surface area contributed by atoms with Crippen LogP contribution in [0.3, 0.4) is 0 Å². The molecule has 0 amide bonds. The fourth-order valence-electron chi connectivity index (χ4n) is 4.56. The Hall–Kier alpha value is -2.75. The summed E-state index contributed by atoms with van der Waals surface area (Å²) in [6.45, 7) is 21.5. The van der Waals surface area contributed by atoms with Gasteiger partial charge < -0.3 is 19.8 Å². The molecule has 0 heterocycles. The van der Waals surface area contributed by atoms with Gasteiger partial charge in [0.2, 0.25) is 16.6 Å². The Morgan fingerprint density at radius 2 is 1.13 bits per heavy atom.